The first-order chi connectivity index (χ1) is 33.2. The number of likely N-dealkylation sites (tertiary alicyclic amines) is 2. The molecule has 4 aromatic heterocycles. The van der Waals surface area contributed by atoms with Gasteiger partial charge in [-0.05, 0) is 93.2 Å². The van der Waals surface area contributed by atoms with Gasteiger partial charge in [-0.2, -0.15) is 0 Å². The number of halogens is 4. The minimum absolute atomic E-state index is 0.0462. The minimum atomic E-state index is -2.83. The number of benzene rings is 1. The molecule has 0 bridgehead atoms. The molecule has 7 heterocycles. The molecule has 0 spiro atoms. The van der Waals surface area contributed by atoms with Crippen LogP contribution < -0.4 is 20.1 Å². The van der Waals surface area contributed by atoms with Gasteiger partial charge >= 0.3 is 0 Å². The zero-order chi connectivity index (χ0) is 48.4. The molecule has 1 aliphatic carbocycles. The Bertz CT molecular complexity index is 2650. The summed E-state index contributed by atoms with van der Waals surface area (Å²) in [6.07, 6.45) is 4.31. The van der Waals surface area contributed by atoms with Crippen LogP contribution >= 0.6 is 11.3 Å². The lowest BCUT2D eigenvalue weighted by Gasteiger charge is -2.40. The number of pyridine rings is 1. The van der Waals surface area contributed by atoms with Gasteiger partial charge in [0.1, 0.15) is 36.7 Å². The van der Waals surface area contributed by atoms with E-state index in [-0.39, 0.29) is 99.7 Å². The first-order valence-corrected chi connectivity index (χ1v) is 24.6. The number of likely N-dealkylation sites (N-methyl/N-ethyl adjacent to an activating group) is 1. The van der Waals surface area contributed by atoms with Gasteiger partial charge in [-0.1, -0.05) is 0 Å². The number of carbonyl (C=O) groups excluding carboxylic acids is 4. The van der Waals surface area contributed by atoms with Crippen LogP contribution in [0.15, 0.2) is 52.5 Å². The highest BCUT2D eigenvalue weighted by molar-refractivity contribution is 7.17. The monoisotopic (exact) mass is 979 g/mol. The third kappa shape index (κ3) is 10.8. The standard InChI is InChI=1S/C48H57F4N9O7S/c1-29(53-2)45(63)55-43(30-5-11-48(51,52)12-6-30)47(65)59-19-17-58(18-20-59)46(64)39-23-31-22-35(49)36(50)25-38(31)61(39)27-42(62)60-14-3-4-32(60)28-66-41-24-34(68-56-41)26-57-15-8-33(9-16-57)67-40-7-13-54-37-10-21-69-44(37)40/h7,10,13,21-25,29-30,32-33,43,53H,3-6,8-9,11-12,14-20,26-28H2,1-2H3,(H,55,63)/t29-,32-,43-/m0/s1. The van der Waals surface area contributed by atoms with Gasteiger partial charge in [0.25, 0.3) is 11.8 Å². The van der Waals surface area contributed by atoms with Crippen LogP contribution in [-0.4, -0.2) is 148 Å². The number of piperazine rings is 1. The van der Waals surface area contributed by atoms with Crippen LogP contribution in [0.4, 0.5) is 17.6 Å². The summed E-state index contributed by atoms with van der Waals surface area (Å²) < 4.78 is 78.1. The molecule has 16 nitrogen and oxygen atoms in total. The number of nitrogens with zero attached hydrogens (tertiary/aromatic N) is 7. The molecule has 21 heteroatoms. The van der Waals surface area contributed by atoms with E-state index in [9.17, 15) is 36.7 Å². The van der Waals surface area contributed by atoms with E-state index in [0.717, 1.165) is 54.0 Å². The Labute approximate surface area is 400 Å². The highest BCUT2D eigenvalue weighted by Gasteiger charge is 2.42. The van der Waals surface area contributed by atoms with Crippen LogP contribution in [-0.2, 0) is 27.5 Å². The molecule has 9 rings (SSSR count). The summed E-state index contributed by atoms with van der Waals surface area (Å²) >= 11 is 1.62. The maximum atomic E-state index is 14.8. The van der Waals surface area contributed by atoms with Crippen LogP contribution in [0.3, 0.4) is 0 Å². The molecular weight excluding hydrogens is 923 g/mol. The van der Waals surface area contributed by atoms with Crippen molar-refractivity contribution in [2.45, 2.75) is 102 Å². The molecule has 0 radical (unpaired) electrons. The predicted octanol–water partition coefficient (Wildman–Crippen LogP) is 5.83. The Kier molecular flexibility index (Phi) is 14.4. The fraction of sp³-hybridized carbons (Fsp3) is 0.542. The Morgan fingerprint density at radius 2 is 1.67 bits per heavy atom. The van der Waals surface area contributed by atoms with E-state index in [4.69, 9.17) is 14.0 Å². The van der Waals surface area contributed by atoms with Gasteiger partial charge in [-0.15, -0.1) is 11.3 Å². The average Bonchev–Trinajstić information content (AvgIpc) is 4.19. The second-order valence-corrected chi connectivity index (χ2v) is 19.5. The Morgan fingerprint density at radius 1 is 0.928 bits per heavy atom. The van der Waals surface area contributed by atoms with Gasteiger partial charge < -0.3 is 43.9 Å². The van der Waals surface area contributed by atoms with E-state index in [1.165, 1.54) is 20.4 Å². The van der Waals surface area contributed by atoms with Crippen LogP contribution in [0.5, 0.6) is 11.6 Å². The fourth-order valence-electron chi connectivity index (χ4n) is 9.99. The van der Waals surface area contributed by atoms with E-state index >= 15 is 0 Å². The number of alkyl halides is 2. The number of aromatic nitrogens is 3. The number of nitrogens with one attached hydrogen (secondary N) is 2. The summed E-state index contributed by atoms with van der Waals surface area (Å²) in [6.45, 7) is 4.38. The van der Waals surface area contributed by atoms with E-state index in [1.54, 1.807) is 42.5 Å². The highest BCUT2D eigenvalue weighted by Crippen LogP contribution is 2.38. The van der Waals surface area contributed by atoms with Crippen molar-refractivity contribution in [1.29, 1.82) is 0 Å². The average molecular weight is 980 g/mol. The Hall–Kier alpha value is -5.80. The second kappa shape index (κ2) is 20.7. The van der Waals surface area contributed by atoms with Crippen molar-refractivity contribution in [2.75, 3.05) is 59.5 Å². The zero-order valence-electron chi connectivity index (χ0n) is 38.6. The van der Waals surface area contributed by atoms with E-state index in [2.05, 4.69) is 25.7 Å². The maximum absolute atomic E-state index is 14.8. The normalized spacial score (nSPS) is 20.4. The third-order valence-electron chi connectivity index (χ3n) is 14.1. The lowest BCUT2D eigenvalue weighted by molar-refractivity contribution is -0.141. The second-order valence-electron chi connectivity index (χ2n) is 18.6. The molecule has 2 N–H and O–H groups in total. The molecule has 3 atom stereocenters. The summed E-state index contributed by atoms with van der Waals surface area (Å²) in [5, 5.41) is 12.0. The molecule has 4 aliphatic rings. The fourth-order valence-corrected chi connectivity index (χ4v) is 10.8. The first kappa shape index (κ1) is 48.2. The van der Waals surface area contributed by atoms with Crippen molar-refractivity contribution in [2.24, 2.45) is 5.92 Å². The predicted molar refractivity (Wildman–Crippen MR) is 247 cm³/mol. The first-order valence-electron chi connectivity index (χ1n) is 23.7. The lowest BCUT2D eigenvalue weighted by Crippen LogP contribution is -2.59. The molecular formula is C48H57F4N9O7S. The SMILES string of the molecule is CN[C@@H](C)C(=O)N[C@H](C(=O)N1CCN(C(=O)c2cc3cc(F)c(F)cc3n2CC(=O)N2CCC[C@H]2COc2cc(CN3CCC(Oc4ccnc5ccsc45)CC3)on2)CC1)C1CCC(F)(F)CC1. The van der Waals surface area contributed by atoms with Crippen LogP contribution in [0, 0.1) is 17.6 Å². The lowest BCUT2D eigenvalue weighted by atomic mass is 9.81. The summed E-state index contributed by atoms with van der Waals surface area (Å²) in [5.41, 5.74) is 1.15. The largest absolute Gasteiger partial charge is 0.489 e. The molecule has 3 saturated heterocycles. The minimum Gasteiger partial charge on any atom is -0.489 e. The number of carbonyl (C=O) groups is 4. The molecule has 4 fully saturated rings. The highest BCUT2D eigenvalue weighted by atomic mass is 32.1. The number of hydrogen-bond donors (Lipinski definition) is 2. The van der Waals surface area contributed by atoms with Gasteiger partial charge in [0, 0.05) is 82.4 Å². The van der Waals surface area contributed by atoms with Crippen molar-refractivity contribution < 1.29 is 50.7 Å². The molecule has 1 aromatic carbocycles. The molecule has 5 aromatic rings. The molecule has 69 heavy (non-hydrogen) atoms. The summed E-state index contributed by atoms with van der Waals surface area (Å²) in [5.74, 6) is -5.42. The van der Waals surface area contributed by atoms with Crippen molar-refractivity contribution >= 4 is 56.1 Å². The van der Waals surface area contributed by atoms with E-state index < -0.39 is 53.3 Å². The Balaban J connectivity index is 0.805. The molecule has 4 amide bonds. The smallest absolute Gasteiger partial charge is 0.270 e. The van der Waals surface area contributed by atoms with Gasteiger partial charge in [0.2, 0.25) is 23.6 Å². The van der Waals surface area contributed by atoms with Crippen molar-refractivity contribution in [1.82, 2.24) is 44.9 Å². The van der Waals surface area contributed by atoms with Crippen LogP contribution in [0.1, 0.15) is 74.5 Å². The van der Waals surface area contributed by atoms with Crippen molar-refractivity contribution in [3.63, 3.8) is 0 Å². The van der Waals surface area contributed by atoms with Gasteiger partial charge in [0.15, 0.2) is 17.4 Å². The topological polar surface area (TPSA) is 168 Å². The van der Waals surface area contributed by atoms with Gasteiger partial charge in [-0.3, -0.25) is 29.1 Å². The number of piperidine rings is 1. The number of thiophene rings is 1. The van der Waals surface area contributed by atoms with Crippen molar-refractivity contribution in [3.05, 3.63) is 71.1 Å². The maximum Gasteiger partial charge on any atom is 0.270 e. The third-order valence-corrected chi connectivity index (χ3v) is 15.0. The van der Waals surface area contributed by atoms with E-state index in [1.807, 2.05) is 17.5 Å². The number of fused-ring (bicyclic) bond motifs is 2. The van der Waals surface area contributed by atoms with Crippen LogP contribution in [0.2, 0.25) is 0 Å². The zero-order valence-corrected chi connectivity index (χ0v) is 39.5. The molecule has 370 valence electrons. The number of amides is 4. The summed E-state index contributed by atoms with van der Waals surface area (Å²) in [7, 11) is 1.60. The number of rotatable bonds is 15. The molecule has 1 saturated carbocycles. The molecule has 3 aliphatic heterocycles. The number of hydrogen-bond acceptors (Lipinski definition) is 12. The van der Waals surface area contributed by atoms with Gasteiger partial charge in [0.05, 0.1) is 34.4 Å². The Morgan fingerprint density at radius 3 is 2.42 bits per heavy atom. The van der Waals surface area contributed by atoms with Crippen LogP contribution in [0.25, 0.3) is 21.1 Å². The van der Waals surface area contributed by atoms with E-state index in [0.29, 0.717) is 37.6 Å². The summed E-state index contributed by atoms with van der Waals surface area (Å²) in [6, 6.07) is 7.09. The van der Waals surface area contributed by atoms with Crippen molar-refractivity contribution in [3.8, 4) is 11.6 Å². The summed E-state index contributed by atoms with van der Waals surface area (Å²) in [4.78, 5) is 66.8. The molecule has 0 unspecified atom stereocenters. The quantitative estimate of drug-likeness (QED) is 0.121. The van der Waals surface area contributed by atoms with Gasteiger partial charge in [-0.25, -0.2) is 17.6 Å². The number of ether oxygens (including phenoxy) is 2.